The van der Waals surface area contributed by atoms with Crippen LogP contribution in [0.1, 0.15) is 55.8 Å². The lowest BCUT2D eigenvalue weighted by molar-refractivity contribution is 0.0984. The fourth-order valence-corrected chi connectivity index (χ4v) is 6.20. The number of carbonyl (C=O) groups is 3. The molecular weight excluding hydrogens is 390 g/mol. The van der Waals surface area contributed by atoms with Crippen molar-refractivity contribution in [1.29, 1.82) is 0 Å². The minimum atomic E-state index is -3.49. The van der Waals surface area contributed by atoms with Crippen LogP contribution in [0.15, 0.2) is 33.5 Å². The molecule has 29 heavy (non-hydrogen) atoms. The number of benzene rings is 2. The molecule has 0 spiro atoms. The second kappa shape index (κ2) is 6.52. The molecule has 2 N–H and O–H groups in total. The number of hydrogen-bond donors (Lipinski definition) is 2. The fourth-order valence-electron chi connectivity index (χ4n) is 4.55. The van der Waals surface area contributed by atoms with Crippen LogP contribution in [-0.2, 0) is 35.6 Å². The van der Waals surface area contributed by atoms with Gasteiger partial charge in [-0.1, -0.05) is 12.1 Å². The lowest BCUT2D eigenvalue weighted by atomic mass is 9.99. The Balaban J connectivity index is 1.55. The summed E-state index contributed by atoms with van der Waals surface area (Å²) in [6, 6.07) is 5.73. The highest BCUT2D eigenvalue weighted by Gasteiger charge is 2.33. The van der Waals surface area contributed by atoms with Crippen LogP contribution in [0.4, 0.5) is 10.5 Å². The number of anilines is 1. The minimum Gasteiger partial charge on any atom is -0.305 e. The number of aryl methyl sites for hydroxylation is 2. The van der Waals surface area contributed by atoms with Crippen molar-refractivity contribution >= 4 is 33.8 Å². The van der Waals surface area contributed by atoms with Crippen LogP contribution in [0, 0.1) is 0 Å². The standard InChI is InChI=1S/C21H19N3O4S/c25-11-12-7-8-17-18(9-12)29(28,23-20(17)26)24-21(27)22-19-15-5-1-3-13(15)10-14-4-2-6-16(14)19/h7-11H,1-6H2,(H2,22,23,24,26,27,28). The van der Waals surface area contributed by atoms with E-state index in [2.05, 4.69) is 20.5 Å². The molecule has 8 heteroatoms. The highest BCUT2D eigenvalue weighted by atomic mass is 32.2. The van der Waals surface area contributed by atoms with Crippen LogP contribution in [0.3, 0.4) is 0 Å². The van der Waals surface area contributed by atoms with Crippen LogP contribution in [0.25, 0.3) is 0 Å². The number of amides is 3. The molecule has 0 fully saturated rings. The van der Waals surface area contributed by atoms with Gasteiger partial charge in [-0.3, -0.25) is 14.3 Å². The second-order valence-electron chi connectivity index (χ2n) is 7.59. The second-order valence-corrected chi connectivity index (χ2v) is 9.46. The Morgan fingerprint density at radius 1 is 1.07 bits per heavy atom. The van der Waals surface area contributed by atoms with E-state index in [0.29, 0.717) is 6.29 Å². The quantitative estimate of drug-likeness (QED) is 0.743. The molecule has 1 heterocycles. The number of rotatable bonds is 2. The van der Waals surface area contributed by atoms with E-state index in [1.54, 1.807) is 0 Å². The number of urea groups is 1. The maximum Gasteiger partial charge on any atom is 0.355 e. The lowest BCUT2D eigenvalue weighted by Gasteiger charge is -2.15. The topological polar surface area (TPSA) is 105 Å². The predicted octanol–water partition coefficient (Wildman–Crippen LogP) is 3.19. The van der Waals surface area contributed by atoms with Gasteiger partial charge >= 0.3 is 6.03 Å². The van der Waals surface area contributed by atoms with Gasteiger partial charge in [-0.05, 0) is 72.9 Å². The van der Waals surface area contributed by atoms with Gasteiger partial charge in [0.25, 0.3) is 5.91 Å². The summed E-state index contributed by atoms with van der Waals surface area (Å²) in [4.78, 5) is 36.1. The average Bonchev–Trinajstić information content (AvgIpc) is 3.40. The third-order valence-corrected chi connectivity index (χ3v) is 7.65. The number of nitrogens with zero attached hydrogens (tertiary/aromatic N) is 1. The predicted molar refractivity (Wildman–Crippen MR) is 108 cm³/mol. The number of nitrogens with one attached hydrogen (secondary N) is 2. The van der Waals surface area contributed by atoms with Crippen LogP contribution in [-0.4, -0.2) is 22.4 Å². The Hall–Kier alpha value is -3.00. The summed E-state index contributed by atoms with van der Waals surface area (Å²) in [6.45, 7) is 0. The molecular formula is C21H19N3O4S. The highest BCUT2D eigenvalue weighted by Crippen LogP contribution is 2.38. The molecule has 0 radical (unpaired) electrons. The monoisotopic (exact) mass is 409 g/mol. The Morgan fingerprint density at radius 2 is 1.76 bits per heavy atom. The zero-order valence-corrected chi connectivity index (χ0v) is 16.4. The third-order valence-electron chi connectivity index (χ3n) is 5.83. The molecule has 3 amide bonds. The van der Waals surface area contributed by atoms with Crippen molar-refractivity contribution in [1.82, 2.24) is 4.72 Å². The van der Waals surface area contributed by atoms with Gasteiger partial charge in [0.2, 0.25) is 0 Å². The molecule has 2 aromatic carbocycles. The summed E-state index contributed by atoms with van der Waals surface area (Å²) in [7, 11) is -3.49. The molecule has 1 aliphatic heterocycles. The molecule has 7 nitrogen and oxygen atoms in total. The van der Waals surface area contributed by atoms with Gasteiger partial charge in [0, 0.05) is 11.3 Å². The van der Waals surface area contributed by atoms with Crippen molar-refractivity contribution < 1.29 is 18.6 Å². The van der Waals surface area contributed by atoms with E-state index < -0.39 is 21.9 Å². The summed E-state index contributed by atoms with van der Waals surface area (Å²) in [6.07, 6.45) is 6.49. The Labute approximate surface area is 168 Å². The van der Waals surface area contributed by atoms with E-state index in [-0.39, 0.29) is 16.0 Å². The molecule has 1 unspecified atom stereocenters. The average molecular weight is 409 g/mol. The van der Waals surface area contributed by atoms with E-state index in [1.807, 2.05) is 0 Å². The molecule has 0 saturated carbocycles. The Bertz CT molecular complexity index is 1190. The first-order valence-corrected chi connectivity index (χ1v) is 11.2. The van der Waals surface area contributed by atoms with Gasteiger partial charge in [-0.15, -0.1) is 4.36 Å². The summed E-state index contributed by atoms with van der Waals surface area (Å²) < 4.78 is 19.4. The van der Waals surface area contributed by atoms with Gasteiger partial charge in [0.1, 0.15) is 6.29 Å². The van der Waals surface area contributed by atoms with E-state index in [1.165, 1.54) is 29.3 Å². The maximum atomic E-state index is 13.3. The van der Waals surface area contributed by atoms with Crippen LogP contribution in [0.2, 0.25) is 0 Å². The molecule has 2 aliphatic carbocycles. The first-order valence-electron chi connectivity index (χ1n) is 9.64. The number of aldehydes is 1. The smallest absolute Gasteiger partial charge is 0.305 e. The zero-order valence-electron chi connectivity index (χ0n) is 15.6. The fraction of sp³-hybridized carbons (Fsp3) is 0.286. The maximum absolute atomic E-state index is 13.3. The van der Waals surface area contributed by atoms with Crippen LogP contribution >= 0.6 is 0 Å². The molecule has 2 aromatic rings. The van der Waals surface area contributed by atoms with Crippen molar-refractivity contribution in [2.45, 2.75) is 43.4 Å². The van der Waals surface area contributed by atoms with Crippen molar-refractivity contribution in [3.8, 4) is 0 Å². The van der Waals surface area contributed by atoms with Gasteiger partial charge in [0.05, 0.1) is 10.5 Å². The molecule has 0 bridgehead atoms. The van der Waals surface area contributed by atoms with Crippen molar-refractivity contribution in [3.63, 3.8) is 0 Å². The summed E-state index contributed by atoms with van der Waals surface area (Å²) in [5.41, 5.74) is 6.04. The van der Waals surface area contributed by atoms with Gasteiger partial charge < -0.3 is 5.32 Å². The zero-order chi connectivity index (χ0) is 20.2. The van der Waals surface area contributed by atoms with Crippen molar-refractivity contribution in [3.05, 3.63) is 57.6 Å². The molecule has 148 valence electrons. The molecule has 0 saturated heterocycles. The molecule has 0 aromatic heterocycles. The first kappa shape index (κ1) is 18.1. The van der Waals surface area contributed by atoms with Gasteiger partial charge in [-0.25, -0.2) is 9.00 Å². The van der Waals surface area contributed by atoms with Crippen LogP contribution < -0.4 is 10.0 Å². The Morgan fingerprint density at radius 3 is 2.41 bits per heavy atom. The van der Waals surface area contributed by atoms with Gasteiger partial charge in [-0.2, -0.15) is 0 Å². The summed E-state index contributed by atoms with van der Waals surface area (Å²) in [5.74, 6) is -0.569. The van der Waals surface area contributed by atoms with E-state index in [4.69, 9.17) is 0 Å². The Kier molecular flexibility index (Phi) is 4.06. The SMILES string of the molecule is O=Cc1ccc2c(c1)S(=O)(=NC(=O)Nc1c3c(cc4c1CCC4)CCC3)NC2=O. The van der Waals surface area contributed by atoms with E-state index in [9.17, 15) is 18.6 Å². The summed E-state index contributed by atoms with van der Waals surface area (Å²) >= 11 is 0. The van der Waals surface area contributed by atoms with E-state index >= 15 is 0 Å². The minimum absolute atomic E-state index is 0.0748. The molecule has 3 aliphatic rings. The molecule has 5 rings (SSSR count). The summed E-state index contributed by atoms with van der Waals surface area (Å²) in [5, 5.41) is 2.86. The number of hydrogen-bond acceptors (Lipinski definition) is 4. The normalized spacial score (nSPS) is 21.2. The molecule has 1 atom stereocenters. The number of fused-ring (bicyclic) bond motifs is 3. The van der Waals surface area contributed by atoms with Crippen molar-refractivity contribution in [2.75, 3.05) is 5.32 Å². The van der Waals surface area contributed by atoms with E-state index in [0.717, 1.165) is 55.3 Å². The third kappa shape index (κ3) is 2.86. The lowest BCUT2D eigenvalue weighted by Crippen LogP contribution is -2.23. The largest absolute Gasteiger partial charge is 0.355 e. The van der Waals surface area contributed by atoms with Crippen molar-refractivity contribution in [2.24, 2.45) is 4.36 Å². The number of carbonyl (C=O) groups excluding carboxylic acids is 3. The highest BCUT2D eigenvalue weighted by molar-refractivity contribution is 7.93. The van der Waals surface area contributed by atoms with Crippen LogP contribution in [0.5, 0.6) is 0 Å². The van der Waals surface area contributed by atoms with Gasteiger partial charge in [0.15, 0.2) is 9.92 Å². The first-order chi connectivity index (χ1) is 14.0.